The Labute approximate surface area is 180 Å². The lowest BCUT2D eigenvalue weighted by molar-refractivity contribution is -0.140. The van der Waals surface area contributed by atoms with Gasteiger partial charge < -0.3 is 9.52 Å². The van der Waals surface area contributed by atoms with E-state index in [0.29, 0.717) is 27.2 Å². The number of carboxylic acids is 1. The lowest BCUT2D eigenvalue weighted by atomic mass is 9.98. The second-order valence-electron chi connectivity index (χ2n) is 7.16. The molecule has 2 aromatic heterocycles. The smallest absolute Gasteiger partial charge is 0.304 e. The predicted molar refractivity (Wildman–Crippen MR) is 111 cm³/mol. The van der Waals surface area contributed by atoms with Crippen molar-refractivity contribution in [1.82, 2.24) is 4.98 Å². The van der Waals surface area contributed by atoms with Crippen LogP contribution in [0.1, 0.15) is 25.0 Å². The fourth-order valence-electron chi connectivity index (χ4n) is 3.28. The molecule has 1 aromatic carbocycles. The van der Waals surface area contributed by atoms with Crippen LogP contribution in [0.25, 0.3) is 11.3 Å². The number of carbonyl (C=O) groups is 2. The van der Waals surface area contributed by atoms with Gasteiger partial charge in [0.15, 0.2) is 5.13 Å². The standard InChI is InChI=1S/C21H18ClFN2O4S/c22-17-6-3-13(23)10-16(17)18-11-30-21(24-18)25(14-4-5-14)20(28)12(9-19(26)27)8-15-2-1-7-29-15/h1-3,6-7,10-12,14H,4-5,8-9H2,(H,26,27)/t12-/m1/s1. The summed E-state index contributed by atoms with van der Waals surface area (Å²) in [6.07, 6.45) is 3.02. The highest BCUT2D eigenvalue weighted by Gasteiger charge is 2.39. The number of amides is 1. The molecule has 0 saturated heterocycles. The van der Waals surface area contributed by atoms with E-state index < -0.39 is 17.7 Å². The molecule has 1 aliphatic carbocycles. The number of furan rings is 1. The number of aliphatic carboxylic acids is 1. The molecular formula is C21H18ClFN2O4S. The molecule has 0 bridgehead atoms. The van der Waals surface area contributed by atoms with Crippen LogP contribution < -0.4 is 4.90 Å². The van der Waals surface area contributed by atoms with Crippen LogP contribution in [0.15, 0.2) is 46.4 Å². The molecule has 30 heavy (non-hydrogen) atoms. The number of hydrogen-bond acceptors (Lipinski definition) is 5. The van der Waals surface area contributed by atoms with Crippen molar-refractivity contribution < 1.29 is 23.5 Å². The largest absolute Gasteiger partial charge is 0.481 e. The monoisotopic (exact) mass is 448 g/mol. The molecule has 1 N–H and O–H groups in total. The number of benzene rings is 1. The summed E-state index contributed by atoms with van der Waals surface area (Å²) in [7, 11) is 0. The zero-order valence-corrected chi connectivity index (χ0v) is 17.3. The molecule has 156 valence electrons. The molecule has 6 nitrogen and oxygen atoms in total. The lowest BCUT2D eigenvalue weighted by Gasteiger charge is -2.24. The molecule has 0 unspecified atom stereocenters. The highest BCUT2D eigenvalue weighted by molar-refractivity contribution is 7.14. The Morgan fingerprint density at radius 3 is 2.83 bits per heavy atom. The van der Waals surface area contributed by atoms with E-state index in [0.717, 1.165) is 12.8 Å². The predicted octanol–water partition coefficient (Wildman–Crippen LogP) is 5.02. The van der Waals surface area contributed by atoms with Crippen LogP contribution in [0.3, 0.4) is 0 Å². The van der Waals surface area contributed by atoms with Gasteiger partial charge in [0.1, 0.15) is 11.6 Å². The van der Waals surface area contributed by atoms with Crippen LogP contribution in [-0.2, 0) is 16.0 Å². The van der Waals surface area contributed by atoms with Gasteiger partial charge in [0.05, 0.1) is 29.3 Å². The maximum absolute atomic E-state index is 13.7. The van der Waals surface area contributed by atoms with Crippen molar-refractivity contribution in [2.45, 2.75) is 31.7 Å². The topological polar surface area (TPSA) is 83.6 Å². The number of carbonyl (C=O) groups excluding carboxylic acids is 1. The van der Waals surface area contributed by atoms with Gasteiger partial charge in [0.25, 0.3) is 0 Å². The van der Waals surface area contributed by atoms with E-state index in [9.17, 15) is 19.1 Å². The summed E-state index contributed by atoms with van der Waals surface area (Å²) >= 11 is 7.44. The van der Waals surface area contributed by atoms with Gasteiger partial charge in [0, 0.05) is 23.4 Å². The van der Waals surface area contributed by atoms with Crippen molar-refractivity contribution in [2.24, 2.45) is 5.92 Å². The first-order valence-corrected chi connectivity index (χ1v) is 10.7. The average Bonchev–Trinajstić information content (AvgIpc) is 3.18. The molecule has 4 rings (SSSR count). The van der Waals surface area contributed by atoms with E-state index in [1.165, 1.54) is 35.8 Å². The lowest BCUT2D eigenvalue weighted by Crippen LogP contribution is -2.39. The molecule has 1 atom stereocenters. The van der Waals surface area contributed by atoms with Gasteiger partial charge in [-0.25, -0.2) is 9.37 Å². The summed E-state index contributed by atoms with van der Waals surface area (Å²) in [5, 5.41) is 11.8. The van der Waals surface area contributed by atoms with Crippen molar-refractivity contribution in [3.05, 3.63) is 58.6 Å². The Bertz CT molecular complexity index is 1060. The molecule has 1 fully saturated rings. The van der Waals surface area contributed by atoms with Crippen LogP contribution in [0.4, 0.5) is 9.52 Å². The number of thiazole rings is 1. The van der Waals surface area contributed by atoms with E-state index in [1.807, 2.05) is 0 Å². The minimum Gasteiger partial charge on any atom is -0.481 e. The molecule has 9 heteroatoms. The number of rotatable bonds is 8. The van der Waals surface area contributed by atoms with E-state index in [-0.39, 0.29) is 24.8 Å². The Morgan fingerprint density at radius 2 is 2.17 bits per heavy atom. The summed E-state index contributed by atoms with van der Waals surface area (Å²) < 4.78 is 19.0. The van der Waals surface area contributed by atoms with Gasteiger partial charge in [-0.2, -0.15) is 0 Å². The van der Waals surface area contributed by atoms with Crippen LogP contribution >= 0.6 is 22.9 Å². The third-order valence-electron chi connectivity index (χ3n) is 4.85. The quantitative estimate of drug-likeness (QED) is 0.522. The summed E-state index contributed by atoms with van der Waals surface area (Å²) in [4.78, 5) is 30.8. The molecule has 1 amide bonds. The van der Waals surface area contributed by atoms with E-state index in [2.05, 4.69) is 4.98 Å². The van der Waals surface area contributed by atoms with Crippen molar-refractivity contribution in [1.29, 1.82) is 0 Å². The Morgan fingerprint density at radius 1 is 1.37 bits per heavy atom. The van der Waals surface area contributed by atoms with Crippen LogP contribution in [0.5, 0.6) is 0 Å². The first kappa shape index (κ1) is 20.6. The average molecular weight is 449 g/mol. The summed E-state index contributed by atoms with van der Waals surface area (Å²) in [5.74, 6) is -2.01. The highest BCUT2D eigenvalue weighted by atomic mass is 35.5. The Balaban J connectivity index is 1.63. The molecule has 1 aliphatic rings. The highest BCUT2D eigenvalue weighted by Crippen LogP contribution is 2.38. The van der Waals surface area contributed by atoms with E-state index in [1.54, 1.807) is 22.4 Å². The second kappa shape index (κ2) is 8.57. The summed E-state index contributed by atoms with van der Waals surface area (Å²) in [6, 6.07) is 7.43. The number of halogens is 2. The third kappa shape index (κ3) is 4.55. The minimum absolute atomic E-state index is 0.0209. The number of aromatic nitrogens is 1. The number of nitrogens with zero attached hydrogens (tertiary/aromatic N) is 2. The molecule has 0 radical (unpaired) electrons. The SMILES string of the molecule is O=C(O)C[C@@H](Cc1ccco1)C(=O)N(c1nc(-c2cc(F)ccc2Cl)cs1)C1CC1. The second-order valence-corrected chi connectivity index (χ2v) is 8.40. The summed E-state index contributed by atoms with van der Waals surface area (Å²) in [5.41, 5.74) is 0.916. The molecule has 0 aliphatic heterocycles. The zero-order chi connectivity index (χ0) is 21.3. The first-order valence-electron chi connectivity index (χ1n) is 9.40. The van der Waals surface area contributed by atoms with Crippen LogP contribution in [-0.4, -0.2) is 28.0 Å². The maximum Gasteiger partial charge on any atom is 0.304 e. The number of carboxylic acid groups (broad SMARTS) is 1. The number of hydrogen-bond donors (Lipinski definition) is 1. The van der Waals surface area contributed by atoms with Crippen molar-refractivity contribution in [3.8, 4) is 11.3 Å². The first-order chi connectivity index (χ1) is 14.4. The third-order valence-corrected chi connectivity index (χ3v) is 6.02. The maximum atomic E-state index is 13.7. The Hall–Kier alpha value is -2.71. The molecular weight excluding hydrogens is 431 g/mol. The minimum atomic E-state index is -1.05. The van der Waals surface area contributed by atoms with Gasteiger partial charge in [0.2, 0.25) is 5.91 Å². The van der Waals surface area contributed by atoms with Crippen LogP contribution in [0, 0.1) is 11.7 Å². The molecule has 2 heterocycles. The van der Waals surface area contributed by atoms with Gasteiger partial charge in [-0.3, -0.25) is 14.5 Å². The van der Waals surface area contributed by atoms with Crippen molar-refractivity contribution >= 4 is 39.9 Å². The fourth-order valence-corrected chi connectivity index (χ4v) is 4.40. The summed E-state index contributed by atoms with van der Waals surface area (Å²) in [6.45, 7) is 0. The van der Waals surface area contributed by atoms with Gasteiger partial charge >= 0.3 is 5.97 Å². The normalized spacial score (nSPS) is 14.5. The zero-order valence-electron chi connectivity index (χ0n) is 15.8. The van der Waals surface area contributed by atoms with Crippen molar-refractivity contribution in [2.75, 3.05) is 4.90 Å². The van der Waals surface area contributed by atoms with E-state index in [4.69, 9.17) is 16.0 Å². The van der Waals surface area contributed by atoms with E-state index >= 15 is 0 Å². The molecule has 1 saturated carbocycles. The van der Waals surface area contributed by atoms with Crippen LogP contribution in [0.2, 0.25) is 5.02 Å². The Kier molecular flexibility index (Phi) is 5.87. The van der Waals surface area contributed by atoms with Gasteiger partial charge in [-0.1, -0.05) is 11.6 Å². The van der Waals surface area contributed by atoms with Gasteiger partial charge in [-0.15, -0.1) is 11.3 Å². The van der Waals surface area contributed by atoms with Crippen molar-refractivity contribution in [3.63, 3.8) is 0 Å². The number of anilines is 1. The van der Waals surface area contributed by atoms with Gasteiger partial charge in [-0.05, 0) is 43.2 Å². The molecule has 0 spiro atoms. The fraction of sp³-hybridized carbons (Fsp3) is 0.286. The molecule has 3 aromatic rings.